The summed E-state index contributed by atoms with van der Waals surface area (Å²) in [7, 11) is 1.68. The Morgan fingerprint density at radius 1 is 1.12 bits per heavy atom. The highest BCUT2D eigenvalue weighted by molar-refractivity contribution is 9.10. The molecular formula is C26H33BrN2O4. The van der Waals surface area contributed by atoms with Crippen LogP contribution in [-0.4, -0.2) is 68.5 Å². The maximum absolute atomic E-state index is 12.3. The molecule has 2 aliphatic rings. The van der Waals surface area contributed by atoms with Crippen LogP contribution in [0.25, 0.3) is 0 Å². The maximum Gasteiger partial charge on any atom is 0.410 e. The van der Waals surface area contributed by atoms with Crippen LogP contribution in [0, 0.1) is 5.92 Å². The van der Waals surface area contributed by atoms with Gasteiger partial charge in [-0.25, -0.2) is 4.79 Å². The van der Waals surface area contributed by atoms with Gasteiger partial charge in [0, 0.05) is 31.2 Å². The van der Waals surface area contributed by atoms with Crippen molar-refractivity contribution in [3.05, 3.63) is 64.1 Å². The van der Waals surface area contributed by atoms with E-state index in [4.69, 9.17) is 14.2 Å². The minimum Gasteiger partial charge on any atom is -0.491 e. The smallest absolute Gasteiger partial charge is 0.410 e. The van der Waals surface area contributed by atoms with Crippen molar-refractivity contribution in [2.75, 3.05) is 46.5 Å². The van der Waals surface area contributed by atoms with Gasteiger partial charge in [0.2, 0.25) is 0 Å². The zero-order valence-corrected chi connectivity index (χ0v) is 20.8. The zero-order valence-electron chi connectivity index (χ0n) is 19.2. The number of hydrogen-bond donors (Lipinski definition) is 0. The number of carbonyl (C=O) groups is 1. The predicted octanol–water partition coefficient (Wildman–Crippen LogP) is 4.75. The molecular weight excluding hydrogens is 484 g/mol. The number of hydrogen-bond acceptors (Lipinski definition) is 5. The molecule has 2 fully saturated rings. The lowest BCUT2D eigenvalue weighted by Gasteiger charge is -2.18. The first-order chi connectivity index (χ1) is 16.1. The molecule has 0 N–H and O–H groups in total. The van der Waals surface area contributed by atoms with Crippen LogP contribution in [0.4, 0.5) is 4.79 Å². The van der Waals surface area contributed by atoms with Crippen LogP contribution in [-0.2, 0) is 22.4 Å². The third kappa shape index (κ3) is 6.95. The summed E-state index contributed by atoms with van der Waals surface area (Å²) in [5, 5.41) is 0. The number of methoxy groups -OCH3 is 1. The summed E-state index contributed by atoms with van der Waals surface area (Å²) in [5.74, 6) is 1.51. The number of cyclic esters (lactones) is 1. The molecule has 0 radical (unpaired) electrons. The van der Waals surface area contributed by atoms with E-state index >= 15 is 0 Å². The normalized spacial score (nSPS) is 20.9. The third-order valence-corrected chi connectivity index (χ3v) is 7.16. The van der Waals surface area contributed by atoms with Gasteiger partial charge in [0.15, 0.2) is 0 Å². The SMILES string of the molecule is COCCOc1ccc(Br)c(CC2CCN(CCC3CN(Cc4ccccc4)C(=O)O3)C2)c1. The molecule has 33 heavy (non-hydrogen) atoms. The van der Waals surface area contributed by atoms with Crippen molar-refractivity contribution in [3.8, 4) is 5.75 Å². The first-order valence-electron chi connectivity index (χ1n) is 11.7. The van der Waals surface area contributed by atoms with E-state index in [2.05, 4.69) is 33.0 Å². The minimum atomic E-state index is -0.194. The Morgan fingerprint density at radius 2 is 1.97 bits per heavy atom. The molecule has 0 saturated carbocycles. The molecule has 178 valence electrons. The standard InChI is InChI=1S/C26H33BrN2O4/c1-31-13-14-32-23-7-8-25(27)22(16-23)15-21-9-11-28(17-21)12-10-24-19-29(26(30)33-24)18-20-5-3-2-4-6-20/h2-8,16,21,24H,9-15,17-19H2,1H3. The Bertz CT molecular complexity index is 910. The lowest BCUT2D eigenvalue weighted by molar-refractivity contribution is 0.122. The molecule has 2 aromatic carbocycles. The Labute approximate surface area is 204 Å². The van der Waals surface area contributed by atoms with Gasteiger partial charge < -0.3 is 24.0 Å². The maximum atomic E-state index is 12.3. The first kappa shape index (κ1) is 24.0. The van der Waals surface area contributed by atoms with E-state index in [9.17, 15) is 4.79 Å². The fourth-order valence-corrected chi connectivity index (χ4v) is 5.03. The summed E-state index contributed by atoms with van der Waals surface area (Å²) < 4.78 is 17.6. The number of rotatable bonds is 11. The number of halogens is 1. The van der Waals surface area contributed by atoms with Crippen LogP contribution >= 0.6 is 15.9 Å². The lowest BCUT2D eigenvalue weighted by atomic mass is 9.98. The second-order valence-electron chi connectivity index (χ2n) is 8.91. The summed E-state index contributed by atoms with van der Waals surface area (Å²) in [6.45, 7) is 5.58. The summed E-state index contributed by atoms with van der Waals surface area (Å²) in [5.41, 5.74) is 2.43. The van der Waals surface area contributed by atoms with Crippen LogP contribution in [0.1, 0.15) is 24.0 Å². The second-order valence-corrected chi connectivity index (χ2v) is 9.77. The van der Waals surface area contributed by atoms with Gasteiger partial charge >= 0.3 is 6.09 Å². The summed E-state index contributed by atoms with van der Waals surface area (Å²) in [6, 6.07) is 16.3. The number of nitrogens with zero attached hydrogens (tertiary/aromatic N) is 2. The minimum absolute atomic E-state index is 0.0182. The topological polar surface area (TPSA) is 51.2 Å². The van der Waals surface area contributed by atoms with E-state index in [0.29, 0.717) is 32.2 Å². The summed E-state index contributed by atoms with van der Waals surface area (Å²) in [4.78, 5) is 16.6. The Hall–Kier alpha value is -2.09. The molecule has 2 heterocycles. The van der Waals surface area contributed by atoms with Crippen LogP contribution in [0.5, 0.6) is 5.75 Å². The average molecular weight is 517 g/mol. The number of ether oxygens (including phenoxy) is 3. The highest BCUT2D eigenvalue weighted by Crippen LogP contribution is 2.29. The molecule has 1 amide bonds. The van der Waals surface area contributed by atoms with Gasteiger partial charge in [0.05, 0.1) is 13.2 Å². The van der Waals surface area contributed by atoms with Gasteiger partial charge in [-0.15, -0.1) is 0 Å². The van der Waals surface area contributed by atoms with Gasteiger partial charge in [-0.3, -0.25) is 0 Å². The fraction of sp³-hybridized carbons (Fsp3) is 0.500. The van der Waals surface area contributed by atoms with Gasteiger partial charge in [-0.05, 0) is 61.1 Å². The number of carbonyl (C=O) groups excluding carboxylic acids is 1. The monoisotopic (exact) mass is 516 g/mol. The molecule has 4 rings (SSSR count). The van der Waals surface area contributed by atoms with E-state index < -0.39 is 0 Å². The fourth-order valence-electron chi connectivity index (χ4n) is 4.62. The zero-order chi connectivity index (χ0) is 23.0. The Morgan fingerprint density at radius 3 is 2.79 bits per heavy atom. The molecule has 7 heteroatoms. The van der Waals surface area contributed by atoms with Crippen molar-refractivity contribution in [3.63, 3.8) is 0 Å². The molecule has 2 aliphatic heterocycles. The summed E-state index contributed by atoms with van der Waals surface area (Å²) >= 11 is 3.70. The van der Waals surface area contributed by atoms with Crippen molar-refractivity contribution >= 4 is 22.0 Å². The Balaban J connectivity index is 1.21. The van der Waals surface area contributed by atoms with E-state index in [1.165, 1.54) is 12.0 Å². The van der Waals surface area contributed by atoms with Gasteiger partial charge in [-0.2, -0.15) is 0 Å². The van der Waals surface area contributed by atoms with Crippen molar-refractivity contribution in [2.45, 2.75) is 31.9 Å². The van der Waals surface area contributed by atoms with E-state index in [1.54, 1.807) is 7.11 Å². The largest absolute Gasteiger partial charge is 0.491 e. The molecule has 2 atom stereocenters. The van der Waals surface area contributed by atoms with Gasteiger partial charge in [-0.1, -0.05) is 46.3 Å². The lowest BCUT2D eigenvalue weighted by Crippen LogP contribution is -2.28. The highest BCUT2D eigenvalue weighted by atomic mass is 79.9. The first-order valence-corrected chi connectivity index (χ1v) is 12.5. The van der Waals surface area contributed by atoms with Crippen LogP contribution < -0.4 is 4.74 Å². The van der Waals surface area contributed by atoms with E-state index in [1.807, 2.05) is 41.3 Å². The summed E-state index contributed by atoms with van der Waals surface area (Å²) in [6.07, 6.45) is 2.89. The van der Waals surface area contributed by atoms with Gasteiger partial charge in [0.1, 0.15) is 18.5 Å². The molecule has 0 bridgehead atoms. The van der Waals surface area contributed by atoms with Crippen molar-refractivity contribution in [1.82, 2.24) is 9.80 Å². The molecule has 2 aromatic rings. The molecule has 0 aliphatic carbocycles. The van der Waals surface area contributed by atoms with Crippen LogP contribution in [0.3, 0.4) is 0 Å². The third-order valence-electron chi connectivity index (χ3n) is 6.39. The Kier molecular flexibility index (Phi) is 8.64. The van der Waals surface area contributed by atoms with E-state index in [0.717, 1.165) is 48.3 Å². The van der Waals surface area contributed by atoms with Crippen molar-refractivity contribution in [2.24, 2.45) is 5.92 Å². The number of benzene rings is 2. The number of likely N-dealkylation sites (tertiary alicyclic amines) is 1. The number of amides is 1. The highest BCUT2D eigenvalue weighted by Gasteiger charge is 2.32. The molecule has 2 unspecified atom stereocenters. The molecule has 0 aromatic heterocycles. The molecule has 2 saturated heterocycles. The second kappa shape index (κ2) is 11.9. The predicted molar refractivity (Wildman–Crippen MR) is 132 cm³/mol. The van der Waals surface area contributed by atoms with Gasteiger partial charge in [0.25, 0.3) is 0 Å². The van der Waals surface area contributed by atoms with Crippen molar-refractivity contribution in [1.29, 1.82) is 0 Å². The van der Waals surface area contributed by atoms with Crippen molar-refractivity contribution < 1.29 is 19.0 Å². The molecule has 6 nitrogen and oxygen atoms in total. The average Bonchev–Trinajstić information content (AvgIpc) is 3.41. The van der Waals surface area contributed by atoms with E-state index in [-0.39, 0.29) is 12.2 Å². The quantitative estimate of drug-likeness (QED) is 0.403. The van der Waals surface area contributed by atoms with Crippen LogP contribution in [0.2, 0.25) is 0 Å². The molecule has 0 spiro atoms. The van der Waals surface area contributed by atoms with Crippen LogP contribution in [0.15, 0.2) is 53.0 Å².